The maximum atomic E-state index is 3.78. The molecule has 0 aromatic carbocycles. The highest BCUT2D eigenvalue weighted by molar-refractivity contribution is 5.85. The van der Waals surface area contributed by atoms with Crippen molar-refractivity contribution in [1.82, 2.24) is 10.2 Å². The quantitative estimate of drug-likeness (QED) is 0.820. The Morgan fingerprint density at radius 3 is 2.47 bits per heavy atom. The van der Waals surface area contributed by atoms with Gasteiger partial charge < -0.3 is 10.2 Å². The maximum Gasteiger partial charge on any atom is 0.0198 e. The molecule has 0 aromatic rings. The van der Waals surface area contributed by atoms with E-state index in [-0.39, 0.29) is 12.4 Å². The topological polar surface area (TPSA) is 15.3 Å². The summed E-state index contributed by atoms with van der Waals surface area (Å²) in [6, 6.07) is 1.66. The molecule has 2 saturated heterocycles. The van der Waals surface area contributed by atoms with E-state index in [9.17, 15) is 0 Å². The lowest BCUT2D eigenvalue weighted by Gasteiger charge is -2.30. The lowest BCUT2D eigenvalue weighted by atomic mass is 9.88. The van der Waals surface area contributed by atoms with Crippen LogP contribution in [0.15, 0.2) is 0 Å². The number of nitrogens with one attached hydrogen (secondary N) is 1. The number of likely N-dealkylation sites (tertiary alicyclic amines) is 1. The summed E-state index contributed by atoms with van der Waals surface area (Å²) in [7, 11) is 0. The maximum absolute atomic E-state index is 3.78. The standard InChI is InChI=1S/C14H26N2.ClH/c1-2-4-12(5-3-1)10-16-9-8-13-6-7-14(11-16)15-13;/h12-15H,1-11H2;1H. The molecule has 1 N–H and O–H groups in total. The van der Waals surface area contributed by atoms with Crippen LogP contribution in [-0.2, 0) is 0 Å². The van der Waals surface area contributed by atoms with Crippen LogP contribution in [-0.4, -0.2) is 36.6 Å². The SMILES string of the molecule is C1CCC(CN2CCC3CCC(C2)N3)CC1.Cl. The van der Waals surface area contributed by atoms with Gasteiger partial charge in [-0.05, 0) is 44.6 Å². The van der Waals surface area contributed by atoms with E-state index in [2.05, 4.69) is 10.2 Å². The van der Waals surface area contributed by atoms with Crippen LogP contribution < -0.4 is 5.32 Å². The van der Waals surface area contributed by atoms with Gasteiger partial charge >= 0.3 is 0 Å². The first-order chi connectivity index (χ1) is 7.90. The monoisotopic (exact) mass is 258 g/mol. The zero-order chi connectivity index (χ0) is 10.8. The van der Waals surface area contributed by atoms with Crippen LogP contribution in [0.2, 0.25) is 0 Å². The molecule has 2 atom stereocenters. The van der Waals surface area contributed by atoms with Crippen molar-refractivity contribution in [3.8, 4) is 0 Å². The largest absolute Gasteiger partial charge is 0.310 e. The molecule has 2 bridgehead atoms. The van der Waals surface area contributed by atoms with Gasteiger partial charge in [0, 0.05) is 25.2 Å². The van der Waals surface area contributed by atoms with Crippen molar-refractivity contribution >= 4 is 12.4 Å². The van der Waals surface area contributed by atoms with Crippen molar-refractivity contribution in [2.45, 2.75) is 63.5 Å². The van der Waals surface area contributed by atoms with E-state index in [1.54, 1.807) is 0 Å². The number of hydrogen-bond acceptors (Lipinski definition) is 2. The Bertz CT molecular complexity index is 228. The van der Waals surface area contributed by atoms with Crippen LogP contribution in [0.4, 0.5) is 0 Å². The molecular weight excluding hydrogens is 232 g/mol. The minimum absolute atomic E-state index is 0. The summed E-state index contributed by atoms with van der Waals surface area (Å²) in [5.41, 5.74) is 0. The van der Waals surface area contributed by atoms with Crippen molar-refractivity contribution in [3.05, 3.63) is 0 Å². The molecule has 0 radical (unpaired) electrons. The van der Waals surface area contributed by atoms with E-state index in [0.717, 1.165) is 18.0 Å². The molecule has 0 aromatic heterocycles. The van der Waals surface area contributed by atoms with Gasteiger partial charge in [0.25, 0.3) is 0 Å². The zero-order valence-electron chi connectivity index (χ0n) is 10.9. The van der Waals surface area contributed by atoms with Crippen LogP contribution in [0.25, 0.3) is 0 Å². The molecule has 2 unspecified atom stereocenters. The summed E-state index contributed by atoms with van der Waals surface area (Å²) in [5.74, 6) is 1.02. The van der Waals surface area contributed by atoms with Crippen molar-refractivity contribution < 1.29 is 0 Å². The van der Waals surface area contributed by atoms with E-state index in [0.29, 0.717) is 0 Å². The molecule has 100 valence electrons. The van der Waals surface area contributed by atoms with Crippen molar-refractivity contribution in [2.24, 2.45) is 5.92 Å². The molecule has 1 aliphatic carbocycles. The van der Waals surface area contributed by atoms with Gasteiger partial charge in [-0.25, -0.2) is 0 Å². The highest BCUT2D eigenvalue weighted by Gasteiger charge is 2.30. The van der Waals surface area contributed by atoms with E-state index in [4.69, 9.17) is 0 Å². The van der Waals surface area contributed by atoms with Gasteiger partial charge in [-0.1, -0.05) is 19.3 Å². The Morgan fingerprint density at radius 2 is 1.65 bits per heavy atom. The fourth-order valence-corrected chi connectivity index (χ4v) is 3.92. The van der Waals surface area contributed by atoms with E-state index in [1.165, 1.54) is 71.0 Å². The highest BCUT2D eigenvalue weighted by Crippen LogP contribution is 2.26. The third-order valence-electron chi connectivity index (χ3n) is 4.85. The lowest BCUT2D eigenvalue weighted by molar-refractivity contribution is 0.193. The Kier molecular flexibility index (Phi) is 5.13. The first-order valence-electron chi connectivity index (χ1n) is 7.38. The predicted octanol–water partition coefficient (Wildman–Crippen LogP) is 2.81. The summed E-state index contributed by atoms with van der Waals surface area (Å²) < 4.78 is 0. The fourth-order valence-electron chi connectivity index (χ4n) is 3.92. The minimum Gasteiger partial charge on any atom is -0.310 e. The number of hydrogen-bond donors (Lipinski definition) is 1. The summed E-state index contributed by atoms with van der Waals surface area (Å²) in [4.78, 5) is 2.76. The first-order valence-corrected chi connectivity index (χ1v) is 7.38. The second-order valence-electron chi connectivity index (χ2n) is 6.19. The average molecular weight is 259 g/mol. The third-order valence-corrected chi connectivity index (χ3v) is 4.85. The summed E-state index contributed by atoms with van der Waals surface area (Å²) in [6.45, 7) is 4.07. The van der Waals surface area contributed by atoms with Gasteiger partial charge in [0.1, 0.15) is 0 Å². The van der Waals surface area contributed by atoms with E-state index in [1.807, 2.05) is 0 Å². The number of nitrogens with zero attached hydrogens (tertiary/aromatic N) is 1. The smallest absolute Gasteiger partial charge is 0.0198 e. The Morgan fingerprint density at radius 1 is 0.882 bits per heavy atom. The fraction of sp³-hybridized carbons (Fsp3) is 1.00. The van der Waals surface area contributed by atoms with Gasteiger partial charge in [-0.3, -0.25) is 0 Å². The van der Waals surface area contributed by atoms with Crippen LogP contribution in [0.5, 0.6) is 0 Å². The Balaban J connectivity index is 0.00000108. The normalized spacial score (nSPS) is 35.3. The molecule has 3 fully saturated rings. The molecule has 17 heavy (non-hydrogen) atoms. The molecule has 3 heteroatoms. The number of halogens is 1. The van der Waals surface area contributed by atoms with Gasteiger partial charge in [0.2, 0.25) is 0 Å². The predicted molar refractivity (Wildman–Crippen MR) is 74.8 cm³/mol. The van der Waals surface area contributed by atoms with Crippen LogP contribution in [0.1, 0.15) is 51.4 Å². The van der Waals surface area contributed by atoms with Gasteiger partial charge in [-0.15, -0.1) is 12.4 Å². The van der Waals surface area contributed by atoms with Crippen LogP contribution in [0.3, 0.4) is 0 Å². The second kappa shape index (κ2) is 6.40. The highest BCUT2D eigenvalue weighted by atomic mass is 35.5. The Labute approximate surface area is 112 Å². The third kappa shape index (κ3) is 3.59. The van der Waals surface area contributed by atoms with E-state index < -0.39 is 0 Å². The average Bonchev–Trinajstić information content (AvgIpc) is 2.64. The van der Waals surface area contributed by atoms with Gasteiger partial charge in [-0.2, -0.15) is 0 Å². The molecule has 2 heterocycles. The molecule has 3 rings (SSSR count). The van der Waals surface area contributed by atoms with Gasteiger partial charge in [0.05, 0.1) is 0 Å². The lowest BCUT2D eigenvalue weighted by Crippen LogP contribution is -2.38. The van der Waals surface area contributed by atoms with Crippen molar-refractivity contribution in [2.75, 3.05) is 19.6 Å². The first kappa shape index (κ1) is 13.6. The summed E-state index contributed by atoms with van der Waals surface area (Å²) in [6.07, 6.45) is 11.7. The molecule has 0 amide bonds. The molecule has 0 spiro atoms. The molecule has 2 nitrogen and oxygen atoms in total. The van der Waals surface area contributed by atoms with Crippen LogP contribution in [0, 0.1) is 5.92 Å². The molecule has 1 saturated carbocycles. The van der Waals surface area contributed by atoms with E-state index >= 15 is 0 Å². The summed E-state index contributed by atoms with van der Waals surface area (Å²) >= 11 is 0. The number of rotatable bonds is 2. The van der Waals surface area contributed by atoms with Crippen molar-refractivity contribution in [1.29, 1.82) is 0 Å². The van der Waals surface area contributed by atoms with Crippen LogP contribution >= 0.6 is 12.4 Å². The summed E-state index contributed by atoms with van der Waals surface area (Å²) in [5, 5.41) is 3.78. The molecule has 2 aliphatic heterocycles. The zero-order valence-corrected chi connectivity index (χ0v) is 11.7. The second-order valence-corrected chi connectivity index (χ2v) is 6.19. The molecular formula is C14H27ClN2. The molecule has 3 aliphatic rings. The van der Waals surface area contributed by atoms with Crippen molar-refractivity contribution in [3.63, 3.8) is 0 Å². The Hall–Kier alpha value is 0.210. The number of fused-ring (bicyclic) bond motifs is 2. The van der Waals surface area contributed by atoms with Gasteiger partial charge in [0.15, 0.2) is 0 Å². The minimum atomic E-state index is 0.